The molecule has 0 spiro atoms. The lowest BCUT2D eigenvalue weighted by atomic mass is 9.99. The third-order valence-electron chi connectivity index (χ3n) is 4.44. The quantitative estimate of drug-likeness (QED) is 0.830. The molecule has 1 N–H and O–H groups in total. The number of hydrogen-bond acceptors (Lipinski definition) is 4. The van der Waals surface area contributed by atoms with E-state index in [2.05, 4.69) is 31.0 Å². The molecule has 106 valence electrons. The number of sulfone groups is 1. The Labute approximate surface area is 111 Å². The van der Waals surface area contributed by atoms with E-state index in [1.54, 1.807) is 0 Å². The highest BCUT2D eigenvalue weighted by Gasteiger charge is 2.35. The van der Waals surface area contributed by atoms with Gasteiger partial charge in [0.1, 0.15) is 0 Å². The molecule has 0 aliphatic carbocycles. The van der Waals surface area contributed by atoms with Crippen molar-refractivity contribution in [1.82, 2.24) is 10.2 Å². The Hall–Kier alpha value is -0.130. The van der Waals surface area contributed by atoms with Crippen LogP contribution in [-0.2, 0) is 9.84 Å². The smallest absolute Gasteiger partial charge is 0.154 e. The summed E-state index contributed by atoms with van der Waals surface area (Å²) in [6.07, 6.45) is 1.70. The van der Waals surface area contributed by atoms with Crippen LogP contribution in [0.5, 0.6) is 0 Å². The lowest BCUT2D eigenvalue weighted by molar-refractivity contribution is 0.123. The van der Waals surface area contributed by atoms with Gasteiger partial charge in [0.25, 0.3) is 0 Å². The Morgan fingerprint density at radius 1 is 1.39 bits per heavy atom. The van der Waals surface area contributed by atoms with Crippen molar-refractivity contribution in [3.63, 3.8) is 0 Å². The van der Waals surface area contributed by atoms with Crippen molar-refractivity contribution in [2.75, 3.05) is 25.4 Å². The van der Waals surface area contributed by atoms with Crippen molar-refractivity contribution in [1.29, 1.82) is 0 Å². The molecule has 0 radical (unpaired) electrons. The predicted molar refractivity (Wildman–Crippen MR) is 74.5 cm³/mol. The number of piperazine rings is 1. The van der Waals surface area contributed by atoms with E-state index in [-0.39, 0.29) is 5.25 Å². The van der Waals surface area contributed by atoms with Gasteiger partial charge in [0.15, 0.2) is 9.84 Å². The highest BCUT2D eigenvalue weighted by Crippen LogP contribution is 2.23. The monoisotopic (exact) mass is 274 g/mol. The zero-order valence-electron chi connectivity index (χ0n) is 11.7. The molecule has 0 aromatic carbocycles. The van der Waals surface area contributed by atoms with Crippen molar-refractivity contribution < 1.29 is 8.42 Å². The summed E-state index contributed by atoms with van der Waals surface area (Å²) in [6.45, 7) is 9.30. The normalized spacial score (nSPS) is 37.2. The van der Waals surface area contributed by atoms with Crippen molar-refractivity contribution in [2.45, 2.75) is 50.9 Å². The maximum Gasteiger partial charge on any atom is 0.154 e. The highest BCUT2D eigenvalue weighted by atomic mass is 32.2. The van der Waals surface area contributed by atoms with Gasteiger partial charge in [-0.05, 0) is 25.7 Å². The second-order valence-electron chi connectivity index (χ2n) is 6.19. The van der Waals surface area contributed by atoms with Crippen LogP contribution in [0.1, 0.15) is 33.6 Å². The van der Waals surface area contributed by atoms with Crippen molar-refractivity contribution >= 4 is 9.84 Å². The summed E-state index contributed by atoms with van der Waals surface area (Å²) in [6, 6.07) is 0.932. The minimum atomic E-state index is -2.81. The van der Waals surface area contributed by atoms with Gasteiger partial charge in [-0.2, -0.15) is 0 Å². The fraction of sp³-hybridized carbons (Fsp3) is 1.00. The van der Waals surface area contributed by atoms with Crippen LogP contribution in [0.3, 0.4) is 0 Å². The number of rotatable bonds is 3. The van der Waals surface area contributed by atoms with Crippen molar-refractivity contribution in [3.8, 4) is 0 Å². The van der Waals surface area contributed by atoms with Gasteiger partial charge < -0.3 is 5.32 Å². The Balaban J connectivity index is 1.98. The minimum absolute atomic E-state index is 0.120. The third kappa shape index (κ3) is 3.06. The molecule has 2 saturated heterocycles. The summed E-state index contributed by atoms with van der Waals surface area (Å²) < 4.78 is 23.8. The highest BCUT2D eigenvalue weighted by molar-refractivity contribution is 7.92. The number of hydrogen-bond donors (Lipinski definition) is 1. The zero-order chi connectivity index (χ0) is 13.3. The molecule has 2 aliphatic heterocycles. The second-order valence-corrected chi connectivity index (χ2v) is 8.59. The largest absolute Gasteiger partial charge is 0.311 e. The van der Waals surface area contributed by atoms with E-state index in [1.807, 2.05) is 0 Å². The summed E-state index contributed by atoms with van der Waals surface area (Å²) >= 11 is 0. The van der Waals surface area contributed by atoms with Crippen LogP contribution in [0.4, 0.5) is 0 Å². The van der Waals surface area contributed by atoms with Crippen LogP contribution in [0.15, 0.2) is 0 Å². The third-order valence-corrected chi connectivity index (χ3v) is 6.69. The Bertz CT molecular complexity index is 380. The maximum atomic E-state index is 11.9. The molecule has 3 unspecified atom stereocenters. The Morgan fingerprint density at radius 3 is 2.67 bits per heavy atom. The molecule has 0 saturated carbocycles. The van der Waals surface area contributed by atoms with E-state index in [0.29, 0.717) is 23.8 Å². The molecular formula is C13H26N2O2S. The first-order chi connectivity index (χ1) is 8.40. The van der Waals surface area contributed by atoms with Gasteiger partial charge in [-0.1, -0.05) is 13.8 Å². The topological polar surface area (TPSA) is 49.4 Å². The molecule has 2 aliphatic rings. The van der Waals surface area contributed by atoms with Gasteiger partial charge in [-0.25, -0.2) is 8.42 Å². The number of nitrogens with zero attached hydrogens (tertiary/aromatic N) is 1. The average molecular weight is 274 g/mol. The molecule has 4 nitrogen and oxygen atoms in total. The fourth-order valence-electron chi connectivity index (χ4n) is 2.97. The summed E-state index contributed by atoms with van der Waals surface area (Å²) in [4.78, 5) is 2.37. The van der Waals surface area contributed by atoms with Gasteiger partial charge in [0.2, 0.25) is 0 Å². The summed E-state index contributed by atoms with van der Waals surface area (Å²) in [5.41, 5.74) is 0. The second kappa shape index (κ2) is 5.47. The minimum Gasteiger partial charge on any atom is -0.311 e. The first kappa shape index (κ1) is 14.3. The van der Waals surface area contributed by atoms with E-state index in [0.717, 1.165) is 32.5 Å². The molecule has 0 bridgehead atoms. The van der Waals surface area contributed by atoms with E-state index < -0.39 is 9.84 Å². The maximum absolute atomic E-state index is 11.9. The van der Waals surface area contributed by atoms with Crippen LogP contribution in [0.2, 0.25) is 0 Å². The molecule has 5 heteroatoms. The summed E-state index contributed by atoms with van der Waals surface area (Å²) in [5, 5.41) is 3.43. The molecule has 0 amide bonds. The first-order valence-electron chi connectivity index (χ1n) is 7.09. The molecule has 3 atom stereocenters. The molecule has 2 heterocycles. The van der Waals surface area contributed by atoms with Gasteiger partial charge in [0.05, 0.1) is 11.0 Å². The van der Waals surface area contributed by atoms with E-state index >= 15 is 0 Å². The molecular weight excluding hydrogens is 248 g/mol. The van der Waals surface area contributed by atoms with Gasteiger partial charge >= 0.3 is 0 Å². The van der Waals surface area contributed by atoms with E-state index in [4.69, 9.17) is 0 Å². The molecule has 18 heavy (non-hydrogen) atoms. The lowest BCUT2D eigenvalue weighted by Gasteiger charge is -2.41. The first-order valence-corrected chi connectivity index (χ1v) is 8.80. The molecule has 0 aromatic rings. The van der Waals surface area contributed by atoms with Crippen molar-refractivity contribution in [2.24, 2.45) is 5.92 Å². The van der Waals surface area contributed by atoms with Gasteiger partial charge in [0, 0.05) is 31.7 Å². The molecule has 2 rings (SSSR count). The molecule has 2 fully saturated rings. The summed E-state index contributed by atoms with van der Waals surface area (Å²) in [7, 11) is -2.81. The van der Waals surface area contributed by atoms with Crippen LogP contribution in [0, 0.1) is 5.92 Å². The zero-order valence-corrected chi connectivity index (χ0v) is 12.5. The van der Waals surface area contributed by atoms with Crippen LogP contribution in [-0.4, -0.2) is 56.0 Å². The molecule has 0 aromatic heterocycles. The lowest BCUT2D eigenvalue weighted by Crippen LogP contribution is -2.58. The van der Waals surface area contributed by atoms with Crippen LogP contribution in [0.25, 0.3) is 0 Å². The Morgan fingerprint density at radius 2 is 2.11 bits per heavy atom. The number of nitrogens with one attached hydrogen (secondary N) is 1. The van der Waals surface area contributed by atoms with Crippen LogP contribution >= 0.6 is 0 Å². The van der Waals surface area contributed by atoms with E-state index in [1.165, 1.54) is 0 Å². The van der Waals surface area contributed by atoms with Crippen LogP contribution < -0.4 is 5.32 Å². The predicted octanol–water partition coefficient (Wildman–Crippen LogP) is 0.882. The SMILES string of the molecule is CC(C)C1CN(CC2CCCS2(=O)=O)C(C)CN1. The van der Waals surface area contributed by atoms with Gasteiger partial charge in [-0.3, -0.25) is 4.90 Å². The van der Waals surface area contributed by atoms with Gasteiger partial charge in [-0.15, -0.1) is 0 Å². The average Bonchev–Trinajstić information content (AvgIpc) is 2.61. The van der Waals surface area contributed by atoms with Crippen molar-refractivity contribution in [3.05, 3.63) is 0 Å². The summed E-state index contributed by atoms with van der Waals surface area (Å²) in [5.74, 6) is 0.992. The standard InChI is InChI=1S/C13H26N2O2S/c1-10(2)13-9-15(11(3)7-14-13)8-12-5-4-6-18(12,16)17/h10-14H,4-9H2,1-3H3. The Kier molecular flexibility index (Phi) is 4.34. The fourth-order valence-corrected chi connectivity index (χ4v) is 4.82. The van der Waals surface area contributed by atoms with E-state index in [9.17, 15) is 8.42 Å².